The maximum atomic E-state index is 11.1. The number of hydrogen-bond donors (Lipinski definition) is 1. The van der Waals surface area contributed by atoms with E-state index in [-0.39, 0.29) is 12.1 Å². The zero-order valence-electron chi connectivity index (χ0n) is 10.5. The van der Waals surface area contributed by atoms with Crippen molar-refractivity contribution in [3.63, 3.8) is 0 Å². The van der Waals surface area contributed by atoms with E-state index in [9.17, 15) is 4.21 Å². The molecule has 0 spiro atoms. The fraction of sp³-hybridized carbons (Fsp3) is 0.500. The summed E-state index contributed by atoms with van der Waals surface area (Å²) in [5, 5.41) is 4.62. The quantitative estimate of drug-likeness (QED) is 0.826. The summed E-state index contributed by atoms with van der Waals surface area (Å²) < 4.78 is 11.1. The minimum Gasteiger partial charge on any atom is -0.307 e. The van der Waals surface area contributed by atoms with Gasteiger partial charge in [-0.25, -0.2) is 0 Å². The molecule has 0 radical (unpaired) electrons. The second kappa shape index (κ2) is 7.11. The molecule has 1 aromatic rings. The lowest BCUT2D eigenvalue weighted by Crippen LogP contribution is -2.33. The first-order valence-corrected chi connectivity index (χ1v) is 8.38. The SMILES string of the molecule is CC(CS(C)=O)NC(C)c1ccc(Cl)c(Cl)c1Cl. The van der Waals surface area contributed by atoms with Crippen molar-refractivity contribution in [2.24, 2.45) is 0 Å². The van der Waals surface area contributed by atoms with Gasteiger partial charge in [-0.1, -0.05) is 40.9 Å². The Morgan fingerprint density at radius 1 is 1.22 bits per heavy atom. The van der Waals surface area contributed by atoms with Crippen molar-refractivity contribution >= 4 is 45.6 Å². The van der Waals surface area contributed by atoms with Gasteiger partial charge in [0.25, 0.3) is 0 Å². The molecule has 0 bridgehead atoms. The standard InChI is InChI=1S/C12H16Cl3NOS/c1-7(6-18(3)17)16-8(2)9-4-5-10(13)12(15)11(9)14/h4-5,7-8,16H,6H2,1-3H3. The molecule has 0 saturated heterocycles. The Morgan fingerprint density at radius 2 is 1.83 bits per heavy atom. The van der Waals surface area contributed by atoms with Crippen molar-refractivity contribution in [1.82, 2.24) is 5.32 Å². The van der Waals surface area contributed by atoms with Crippen molar-refractivity contribution < 1.29 is 4.21 Å². The van der Waals surface area contributed by atoms with E-state index >= 15 is 0 Å². The molecule has 102 valence electrons. The highest BCUT2D eigenvalue weighted by Crippen LogP contribution is 2.35. The summed E-state index contributed by atoms with van der Waals surface area (Å²) in [7, 11) is -0.825. The molecule has 1 N–H and O–H groups in total. The average molecular weight is 329 g/mol. The van der Waals surface area contributed by atoms with Crippen LogP contribution in [0, 0.1) is 0 Å². The third-order valence-corrected chi connectivity index (χ3v) is 4.83. The van der Waals surface area contributed by atoms with Crippen molar-refractivity contribution in [1.29, 1.82) is 0 Å². The van der Waals surface area contributed by atoms with Crippen LogP contribution in [-0.4, -0.2) is 22.3 Å². The Hall–Kier alpha value is 0.200. The van der Waals surface area contributed by atoms with Crippen LogP contribution < -0.4 is 5.32 Å². The maximum absolute atomic E-state index is 11.1. The van der Waals surface area contributed by atoms with Crippen LogP contribution in [0.15, 0.2) is 12.1 Å². The Bertz CT molecular complexity index is 453. The van der Waals surface area contributed by atoms with E-state index in [1.165, 1.54) is 0 Å². The molecule has 2 nitrogen and oxygen atoms in total. The number of halogens is 3. The molecule has 3 atom stereocenters. The molecule has 0 saturated carbocycles. The van der Waals surface area contributed by atoms with Crippen LogP contribution in [0.4, 0.5) is 0 Å². The zero-order valence-corrected chi connectivity index (χ0v) is 13.6. The average Bonchev–Trinajstić information content (AvgIpc) is 2.24. The van der Waals surface area contributed by atoms with Crippen LogP contribution in [0.5, 0.6) is 0 Å². The zero-order chi connectivity index (χ0) is 13.9. The molecule has 0 aromatic heterocycles. The monoisotopic (exact) mass is 327 g/mol. The minimum atomic E-state index is -0.825. The number of nitrogens with one attached hydrogen (secondary N) is 1. The van der Waals surface area contributed by atoms with Gasteiger partial charge >= 0.3 is 0 Å². The molecule has 3 unspecified atom stereocenters. The van der Waals surface area contributed by atoms with Gasteiger partial charge in [0.15, 0.2) is 0 Å². The smallest absolute Gasteiger partial charge is 0.0781 e. The van der Waals surface area contributed by atoms with E-state index in [0.29, 0.717) is 20.8 Å². The summed E-state index contributed by atoms with van der Waals surface area (Å²) in [4.78, 5) is 0. The summed E-state index contributed by atoms with van der Waals surface area (Å²) in [5.74, 6) is 0.600. The van der Waals surface area contributed by atoms with Gasteiger partial charge < -0.3 is 5.32 Å². The normalized spacial score (nSPS) is 16.3. The number of benzene rings is 1. The Kier molecular flexibility index (Phi) is 6.42. The molecule has 0 aliphatic rings. The highest BCUT2D eigenvalue weighted by atomic mass is 35.5. The third-order valence-electron chi connectivity index (χ3n) is 2.55. The van der Waals surface area contributed by atoms with Gasteiger partial charge in [-0.05, 0) is 25.5 Å². The van der Waals surface area contributed by atoms with Gasteiger partial charge in [0, 0.05) is 34.9 Å². The summed E-state index contributed by atoms with van der Waals surface area (Å²) in [6, 6.07) is 3.73. The molecule has 1 aromatic carbocycles. The van der Waals surface area contributed by atoms with Gasteiger partial charge in [-0.15, -0.1) is 0 Å². The number of rotatable bonds is 5. The molecule has 0 aliphatic heterocycles. The van der Waals surface area contributed by atoms with E-state index in [2.05, 4.69) is 5.32 Å². The molecular formula is C12H16Cl3NOS. The lowest BCUT2D eigenvalue weighted by atomic mass is 10.1. The van der Waals surface area contributed by atoms with Gasteiger partial charge in [0.1, 0.15) is 0 Å². The summed E-state index contributed by atoms with van der Waals surface area (Å²) in [6.07, 6.45) is 1.69. The first-order chi connectivity index (χ1) is 8.32. The largest absolute Gasteiger partial charge is 0.307 e. The minimum absolute atomic E-state index is 0.0193. The predicted molar refractivity (Wildman–Crippen MR) is 81.4 cm³/mol. The fourth-order valence-electron chi connectivity index (χ4n) is 1.79. The van der Waals surface area contributed by atoms with Gasteiger partial charge in [-0.2, -0.15) is 0 Å². The first kappa shape index (κ1) is 16.3. The van der Waals surface area contributed by atoms with Crippen LogP contribution in [0.1, 0.15) is 25.5 Å². The Morgan fingerprint density at radius 3 is 2.39 bits per heavy atom. The third kappa shape index (κ3) is 4.39. The van der Waals surface area contributed by atoms with Gasteiger partial charge in [0.2, 0.25) is 0 Å². The van der Waals surface area contributed by atoms with Crippen molar-refractivity contribution in [3.8, 4) is 0 Å². The van der Waals surface area contributed by atoms with E-state index in [0.717, 1.165) is 5.56 Å². The van der Waals surface area contributed by atoms with Crippen LogP contribution in [0.3, 0.4) is 0 Å². The van der Waals surface area contributed by atoms with Crippen LogP contribution in [0.25, 0.3) is 0 Å². The lowest BCUT2D eigenvalue weighted by molar-refractivity contribution is 0.508. The fourth-order valence-corrected chi connectivity index (χ4v) is 3.30. The van der Waals surface area contributed by atoms with E-state index in [1.807, 2.05) is 19.9 Å². The highest BCUT2D eigenvalue weighted by molar-refractivity contribution is 7.84. The second-order valence-corrected chi connectivity index (χ2v) is 6.94. The molecule has 0 heterocycles. The molecule has 0 aliphatic carbocycles. The molecule has 0 fully saturated rings. The molecular weight excluding hydrogens is 313 g/mol. The van der Waals surface area contributed by atoms with Crippen LogP contribution in [0.2, 0.25) is 15.1 Å². The van der Waals surface area contributed by atoms with Crippen molar-refractivity contribution in [2.75, 3.05) is 12.0 Å². The van der Waals surface area contributed by atoms with Crippen LogP contribution >= 0.6 is 34.8 Å². The topological polar surface area (TPSA) is 29.1 Å². The Labute approximate surface area is 125 Å². The summed E-state index contributed by atoms with van der Waals surface area (Å²) in [5.41, 5.74) is 0.889. The van der Waals surface area contributed by atoms with Crippen molar-refractivity contribution in [3.05, 3.63) is 32.8 Å². The molecule has 1 rings (SSSR count). The van der Waals surface area contributed by atoms with E-state index < -0.39 is 10.8 Å². The lowest BCUT2D eigenvalue weighted by Gasteiger charge is -2.21. The summed E-state index contributed by atoms with van der Waals surface area (Å²) in [6.45, 7) is 3.98. The first-order valence-electron chi connectivity index (χ1n) is 5.52. The predicted octanol–water partition coefficient (Wildman–Crippen LogP) is 4.06. The van der Waals surface area contributed by atoms with Gasteiger partial charge in [0.05, 0.1) is 15.1 Å². The Balaban J connectivity index is 2.81. The molecule has 6 heteroatoms. The van der Waals surface area contributed by atoms with Crippen LogP contribution in [-0.2, 0) is 10.8 Å². The summed E-state index contributed by atoms with van der Waals surface area (Å²) >= 11 is 18.1. The second-order valence-electron chi connectivity index (χ2n) is 4.29. The molecule has 18 heavy (non-hydrogen) atoms. The van der Waals surface area contributed by atoms with E-state index in [4.69, 9.17) is 34.8 Å². The van der Waals surface area contributed by atoms with Gasteiger partial charge in [-0.3, -0.25) is 4.21 Å². The number of hydrogen-bond acceptors (Lipinski definition) is 2. The van der Waals surface area contributed by atoms with E-state index in [1.54, 1.807) is 12.3 Å². The highest BCUT2D eigenvalue weighted by Gasteiger charge is 2.16. The maximum Gasteiger partial charge on any atom is 0.0781 e. The molecule has 0 amide bonds. The van der Waals surface area contributed by atoms with Crippen molar-refractivity contribution in [2.45, 2.75) is 25.9 Å².